The molecule has 1 aliphatic carbocycles. The fourth-order valence-electron chi connectivity index (χ4n) is 1.65. The molecule has 0 N–H and O–H groups in total. The van der Waals surface area contributed by atoms with Gasteiger partial charge in [-0.3, -0.25) is 0 Å². The first-order valence-electron chi connectivity index (χ1n) is 4.73. The van der Waals surface area contributed by atoms with Gasteiger partial charge in [0.25, 0.3) is 0 Å². The summed E-state index contributed by atoms with van der Waals surface area (Å²) in [6.45, 7) is 2.70. The molecule has 2 rings (SSSR count). The molecule has 0 aromatic rings. The van der Waals surface area contributed by atoms with Crippen LogP contribution in [0.15, 0.2) is 36.1 Å². The highest BCUT2D eigenvalue weighted by molar-refractivity contribution is 5.25. The largest absolute Gasteiger partial charge is 0.469 e. The molecule has 2 nitrogen and oxygen atoms in total. The minimum absolute atomic E-state index is 0.0441. The van der Waals surface area contributed by atoms with Gasteiger partial charge in [0.05, 0.1) is 0 Å². The van der Waals surface area contributed by atoms with E-state index in [2.05, 4.69) is 12.2 Å². The fourth-order valence-corrected chi connectivity index (χ4v) is 1.65. The van der Waals surface area contributed by atoms with E-state index in [1.165, 1.54) is 0 Å². The SMILES string of the molecule is CCO[C@@H]1C[C@H]2C=CC=CC=C2O1. The van der Waals surface area contributed by atoms with Gasteiger partial charge >= 0.3 is 0 Å². The summed E-state index contributed by atoms with van der Waals surface area (Å²) in [5.74, 6) is 1.44. The average Bonchev–Trinajstić information content (AvgIpc) is 2.37. The van der Waals surface area contributed by atoms with Crippen LogP contribution in [0, 0.1) is 5.92 Å². The lowest BCUT2D eigenvalue weighted by Crippen LogP contribution is -2.09. The lowest BCUT2D eigenvalue weighted by atomic mass is 10.1. The van der Waals surface area contributed by atoms with Crippen LogP contribution in [-0.4, -0.2) is 12.9 Å². The van der Waals surface area contributed by atoms with Gasteiger partial charge in [0.2, 0.25) is 0 Å². The first-order valence-corrected chi connectivity index (χ1v) is 4.73. The molecule has 2 atom stereocenters. The standard InChI is InChI=1S/C11H14O2/c1-2-12-11-8-9-6-4-3-5-7-10(9)13-11/h3-7,9,11H,2,8H2,1H3/t9-,11+/m1/s1. The Hall–Kier alpha value is -1.02. The van der Waals surface area contributed by atoms with Crippen LogP contribution in [0.3, 0.4) is 0 Å². The monoisotopic (exact) mass is 178 g/mol. The molecule has 0 radical (unpaired) electrons. The molecule has 0 unspecified atom stereocenters. The Morgan fingerprint density at radius 2 is 2.38 bits per heavy atom. The van der Waals surface area contributed by atoms with E-state index >= 15 is 0 Å². The molecule has 0 aromatic heterocycles. The number of rotatable bonds is 2. The zero-order chi connectivity index (χ0) is 9.10. The second kappa shape index (κ2) is 3.79. The van der Waals surface area contributed by atoms with Crippen LogP contribution in [0.4, 0.5) is 0 Å². The van der Waals surface area contributed by atoms with Gasteiger partial charge in [-0.1, -0.05) is 24.3 Å². The smallest absolute Gasteiger partial charge is 0.200 e. The van der Waals surface area contributed by atoms with Gasteiger partial charge in [-0.05, 0) is 13.0 Å². The Morgan fingerprint density at radius 1 is 1.46 bits per heavy atom. The number of ether oxygens (including phenoxy) is 2. The third-order valence-electron chi connectivity index (χ3n) is 2.26. The van der Waals surface area contributed by atoms with Crippen LogP contribution in [0.5, 0.6) is 0 Å². The van der Waals surface area contributed by atoms with E-state index in [1.54, 1.807) is 0 Å². The minimum atomic E-state index is -0.0441. The number of fused-ring (bicyclic) bond motifs is 1. The number of hydrogen-bond donors (Lipinski definition) is 0. The topological polar surface area (TPSA) is 18.5 Å². The van der Waals surface area contributed by atoms with E-state index in [0.29, 0.717) is 12.5 Å². The molecule has 0 amide bonds. The summed E-state index contributed by atoms with van der Waals surface area (Å²) in [4.78, 5) is 0. The molecule has 1 fully saturated rings. The Labute approximate surface area is 78.5 Å². The highest BCUT2D eigenvalue weighted by Gasteiger charge is 2.29. The van der Waals surface area contributed by atoms with Gasteiger partial charge in [0.15, 0.2) is 6.29 Å². The zero-order valence-electron chi connectivity index (χ0n) is 7.77. The van der Waals surface area contributed by atoms with E-state index in [9.17, 15) is 0 Å². The molecule has 2 heteroatoms. The van der Waals surface area contributed by atoms with Gasteiger partial charge in [0, 0.05) is 18.9 Å². The zero-order valence-corrected chi connectivity index (χ0v) is 7.77. The van der Waals surface area contributed by atoms with E-state index < -0.39 is 0 Å². The second-order valence-corrected chi connectivity index (χ2v) is 3.18. The molecule has 1 aliphatic heterocycles. The third-order valence-corrected chi connectivity index (χ3v) is 2.26. The lowest BCUT2D eigenvalue weighted by molar-refractivity contribution is -0.0886. The first kappa shape index (κ1) is 8.57. The molecule has 0 spiro atoms. The minimum Gasteiger partial charge on any atom is -0.469 e. The summed E-state index contributed by atoms with van der Waals surface area (Å²) in [5, 5.41) is 0. The maximum absolute atomic E-state index is 5.62. The van der Waals surface area contributed by atoms with Crippen LogP contribution in [0.1, 0.15) is 13.3 Å². The molecule has 0 aromatic carbocycles. The third kappa shape index (κ3) is 1.83. The quantitative estimate of drug-likeness (QED) is 0.646. The highest BCUT2D eigenvalue weighted by Crippen LogP contribution is 2.32. The first-order chi connectivity index (χ1) is 6.40. The van der Waals surface area contributed by atoms with Gasteiger partial charge < -0.3 is 9.47 Å². The predicted octanol–water partition coefficient (Wildman–Crippen LogP) is 2.40. The van der Waals surface area contributed by atoms with Gasteiger partial charge in [-0.15, -0.1) is 0 Å². The molecular weight excluding hydrogens is 164 g/mol. The Kier molecular flexibility index (Phi) is 2.50. The molecule has 0 bridgehead atoms. The van der Waals surface area contributed by atoms with Gasteiger partial charge in [0.1, 0.15) is 5.76 Å². The summed E-state index contributed by atoms with van der Waals surface area (Å²) in [5.41, 5.74) is 0. The lowest BCUT2D eigenvalue weighted by Gasteiger charge is -2.08. The van der Waals surface area contributed by atoms with Gasteiger partial charge in [-0.2, -0.15) is 0 Å². The van der Waals surface area contributed by atoms with Crippen LogP contribution in [0.2, 0.25) is 0 Å². The van der Waals surface area contributed by atoms with E-state index in [4.69, 9.17) is 9.47 Å². The van der Waals surface area contributed by atoms with Crippen molar-refractivity contribution in [2.24, 2.45) is 5.92 Å². The molecule has 1 saturated heterocycles. The van der Waals surface area contributed by atoms with E-state index in [0.717, 1.165) is 12.2 Å². The summed E-state index contributed by atoms with van der Waals surface area (Å²) >= 11 is 0. The van der Waals surface area contributed by atoms with Crippen LogP contribution in [0.25, 0.3) is 0 Å². The van der Waals surface area contributed by atoms with Crippen LogP contribution < -0.4 is 0 Å². The van der Waals surface area contributed by atoms with Gasteiger partial charge in [-0.25, -0.2) is 0 Å². The molecule has 0 saturated carbocycles. The Morgan fingerprint density at radius 3 is 3.23 bits per heavy atom. The van der Waals surface area contributed by atoms with Crippen molar-refractivity contribution in [3.05, 3.63) is 36.1 Å². The molecule has 70 valence electrons. The van der Waals surface area contributed by atoms with Crippen LogP contribution in [-0.2, 0) is 9.47 Å². The average molecular weight is 178 g/mol. The van der Waals surface area contributed by atoms with Crippen molar-refractivity contribution in [1.82, 2.24) is 0 Å². The Balaban J connectivity index is 2.06. The van der Waals surface area contributed by atoms with Crippen molar-refractivity contribution in [3.8, 4) is 0 Å². The summed E-state index contributed by atoms with van der Waals surface area (Å²) in [6, 6.07) is 0. The molecule has 13 heavy (non-hydrogen) atoms. The van der Waals surface area contributed by atoms with E-state index in [-0.39, 0.29) is 6.29 Å². The Bertz CT molecular complexity index is 263. The number of hydrogen-bond acceptors (Lipinski definition) is 2. The maximum Gasteiger partial charge on any atom is 0.200 e. The summed E-state index contributed by atoms with van der Waals surface area (Å²) < 4.78 is 11.0. The van der Waals surface area contributed by atoms with Crippen molar-refractivity contribution in [1.29, 1.82) is 0 Å². The van der Waals surface area contributed by atoms with Crippen molar-refractivity contribution < 1.29 is 9.47 Å². The summed E-state index contributed by atoms with van der Waals surface area (Å²) in [7, 11) is 0. The fraction of sp³-hybridized carbons (Fsp3) is 0.455. The maximum atomic E-state index is 5.62. The van der Waals surface area contributed by atoms with Crippen molar-refractivity contribution in [3.63, 3.8) is 0 Å². The van der Waals surface area contributed by atoms with Crippen LogP contribution >= 0.6 is 0 Å². The normalized spacial score (nSPS) is 30.7. The molecular formula is C11H14O2. The summed E-state index contributed by atoms with van der Waals surface area (Å²) in [6.07, 6.45) is 11.2. The molecule has 1 heterocycles. The predicted molar refractivity (Wildman–Crippen MR) is 51.0 cm³/mol. The van der Waals surface area contributed by atoms with Crippen molar-refractivity contribution >= 4 is 0 Å². The highest BCUT2D eigenvalue weighted by atomic mass is 16.7. The second-order valence-electron chi connectivity index (χ2n) is 3.18. The van der Waals surface area contributed by atoms with Crippen molar-refractivity contribution in [2.75, 3.05) is 6.61 Å². The van der Waals surface area contributed by atoms with Crippen molar-refractivity contribution in [2.45, 2.75) is 19.6 Å². The molecule has 2 aliphatic rings. The number of allylic oxidation sites excluding steroid dienone is 5. The van der Waals surface area contributed by atoms with E-state index in [1.807, 2.05) is 25.2 Å².